The van der Waals surface area contributed by atoms with Crippen molar-refractivity contribution >= 4 is 11.6 Å². The van der Waals surface area contributed by atoms with Crippen LogP contribution in [0.4, 0.5) is 4.39 Å². The van der Waals surface area contributed by atoms with Crippen molar-refractivity contribution in [1.82, 2.24) is 5.01 Å². The van der Waals surface area contributed by atoms with E-state index in [0.29, 0.717) is 12.2 Å². The van der Waals surface area contributed by atoms with Gasteiger partial charge < -0.3 is 4.42 Å². The normalized spacial score (nSPS) is 18.0. The molecule has 21 heavy (non-hydrogen) atoms. The number of halogens is 1. The van der Waals surface area contributed by atoms with E-state index >= 15 is 0 Å². The summed E-state index contributed by atoms with van der Waals surface area (Å²) >= 11 is 0. The van der Waals surface area contributed by atoms with Crippen LogP contribution in [0, 0.1) is 12.7 Å². The van der Waals surface area contributed by atoms with Crippen molar-refractivity contribution in [2.24, 2.45) is 5.10 Å². The van der Waals surface area contributed by atoms with Crippen LogP contribution in [0.3, 0.4) is 0 Å². The Hall–Kier alpha value is -2.43. The van der Waals surface area contributed by atoms with Gasteiger partial charge in [0.2, 0.25) is 5.91 Å². The molecule has 0 bridgehead atoms. The quantitative estimate of drug-likeness (QED) is 0.849. The molecular weight excluding hydrogens is 271 g/mol. The third-order valence-electron chi connectivity index (χ3n) is 3.51. The molecule has 1 aliphatic heterocycles. The third kappa shape index (κ3) is 2.59. The Labute approximate surface area is 121 Å². The van der Waals surface area contributed by atoms with Crippen LogP contribution in [0.1, 0.15) is 36.5 Å². The van der Waals surface area contributed by atoms with Gasteiger partial charge >= 0.3 is 0 Å². The van der Waals surface area contributed by atoms with E-state index in [2.05, 4.69) is 5.10 Å². The third-order valence-corrected chi connectivity index (χ3v) is 3.51. The molecule has 5 heteroatoms. The number of nitrogens with zero attached hydrogens (tertiary/aromatic N) is 2. The average Bonchev–Trinajstić information content (AvgIpc) is 3.05. The topological polar surface area (TPSA) is 45.8 Å². The van der Waals surface area contributed by atoms with Crippen LogP contribution < -0.4 is 0 Å². The summed E-state index contributed by atoms with van der Waals surface area (Å²) < 4.78 is 18.6. The largest absolute Gasteiger partial charge is 0.460 e. The van der Waals surface area contributed by atoms with Gasteiger partial charge in [-0.3, -0.25) is 4.79 Å². The second kappa shape index (κ2) is 5.16. The number of benzene rings is 1. The summed E-state index contributed by atoms with van der Waals surface area (Å²) in [5.74, 6) is 1.02. The molecule has 0 saturated heterocycles. The zero-order valence-corrected chi connectivity index (χ0v) is 11.8. The SMILES string of the molecule is CC(=O)N1N=C(c2ccc(C)o2)C[C@H]1c1ccc(F)cc1. The number of rotatable bonds is 2. The molecule has 1 aliphatic rings. The smallest absolute Gasteiger partial charge is 0.240 e. The molecule has 0 radical (unpaired) electrons. The Morgan fingerprint density at radius 1 is 1.29 bits per heavy atom. The number of hydrogen-bond donors (Lipinski definition) is 0. The zero-order chi connectivity index (χ0) is 15.0. The van der Waals surface area contributed by atoms with Crippen LogP contribution in [0.15, 0.2) is 45.9 Å². The van der Waals surface area contributed by atoms with Crippen molar-refractivity contribution in [2.45, 2.75) is 26.3 Å². The summed E-state index contributed by atoms with van der Waals surface area (Å²) in [6.45, 7) is 3.33. The van der Waals surface area contributed by atoms with Gasteiger partial charge in [-0.1, -0.05) is 12.1 Å². The predicted molar refractivity (Wildman–Crippen MR) is 76.3 cm³/mol. The summed E-state index contributed by atoms with van der Waals surface area (Å²) in [6, 6.07) is 9.64. The molecule has 0 unspecified atom stereocenters. The highest BCUT2D eigenvalue weighted by Crippen LogP contribution is 2.33. The lowest BCUT2D eigenvalue weighted by molar-refractivity contribution is -0.130. The van der Waals surface area contributed by atoms with Crippen molar-refractivity contribution in [3.63, 3.8) is 0 Å². The van der Waals surface area contributed by atoms with Crippen LogP contribution in [0.5, 0.6) is 0 Å². The van der Waals surface area contributed by atoms with Crippen LogP contribution >= 0.6 is 0 Å². The van der Waals surface area contributed by atoms with E-state index in [1.807, 2.05) is 19.1 Å². The molecule has 1 atom stereocenters. The van der Waals surface area contributed by atoms with Gasteiger partial charge in [0.25, 0.3) is 0 Å². The lowest BCUT2D eigenvalue weighted by Gasteiger charge is -2.20. The molecule has 0 N–H and O–H groups in total. The van der Waals surface area contributed by atoms with E-state index in [-0.39, 0.29) is 17.8 Å². The van der Waals surface area contributed by atoms with Gasteiger partial charge in [-0.05, 0) is 36.8 Å². The van der Waals surface area contributed by atoms with Crippen molar-refractivity contribution in [3.05, 3.63) is 59.3 Å². The molecule has 4 nitrogen and oxygen atoms in total. The molecule has 2 aromatic rings. The van der Waals surface area contributed by atoms with Crippen LogP contribution in [0.25, 0.3) is 0 Å². The molecule has 0 aliphatic carbocycles. The number of amides is 1. The fourth-order valence-electron chi connectivity index (χ4n) is 2.48. The second-order valence-corrected chi connectivity index (χ2v) is 5.09. The van der Waals surface area contributed by atoms with E-state index in [0.717, 1.165) is 17.0 Å². The molecule has 1 aromatic carbocycles. The van der Waals surface area contributed by atoms with E-state index in [4.69, 9.17) is 4.42 Å². The van der Waals surface area contributed by atoms with E-state index in [9.17, 15) is 9.18 Å². The molecule has 1 amide bonds. The maximum Gasteiger partial charge on any atom is 0.240 e. The average molecular weight is 286 g/mol. The fourth-order valence-corrected chi connectivity index (χ4v) is 2.48. The molecule has 0 saturated carbocycles. The van der Waals surface area contributed by atoms with Gasteiger partial charge in [-0.25, -0.2) is 9.40 Å². The van der Waals surface area contributed by atoms with Crippen molar-refractivity contribution in [1.29, 1.82) is 0 Å². The number of hydrazone groups is 1. The summed E-state index contributed by atoms with van der Waals surface area (Å²) in [5.41, 5.74) is 1.58. The number of carbonyl (C=O) groups excluding carboxylic acids is 1. The molecule has 2 heterocycles. The Morgan fingerprint density at radius 2 is 2.00 bits per heavy atom. The van der Waals surface area contributed by atoms with Gasteiger partial charge in [0.1, 0.15) is 23.0 Å². The van der Waals surface area contributed by atoms with E-state index < -0.39 is 0 Å². The number of furan rings is 1. The van der Waals surface area contributed by atoms with Gasteiger partial charge in [0, 0.05) is 13.3 Å². The first-order valence-corrected chi connectivity index (χ1v) is 6.74. The lowest BCUT2D eigenvalue weighted by Crippen LogP contribution is -2.24. The van der Waals surface area contributed by atoms with Crippen molar-refractivity contribution < 1.29 is 13.6 Å². The van der Waals surface area contributed by atoms with Gasteiger partial charge in [0.05, 0.1) is 6.04 Å². The Morgan fingerprint density at radius 3 is 2.57 bits per heavy atom. The van der Waals surface area contributed by atoms with Gasteiger partial charge in [0.15, 0.2) is 0 Å². The Kier molecular flexibility index (Phi) is 3.33. The number of carbonyl (C=O) groups is 1. The maximum absolute atomic E-state index is 13.0. The monoisotopic (exact) mass is 286 g/mol. The first-order valence-electron chi connectivity index (χ1n) is 6.74. The second-order valence-electron chi connectivity index (χ2n) is 5.09. The van der Waals surface area contributed by atoms with Crippen LogP contribution in [-0.2, 0) is 4.79 Å². The summed E-state index contributed by atoms with van der Waals surface area (Å²) in [4.78, 5) is 11.8. The maximum atomic E-state index is 13.0. The minimum absolute atomic E-state index is 0.150. The molecule has 1 aromatic heterocycles. The molecule has 0 fully saturated rings. The highest BCUT2D eigenvalue weighted by atomic mass is 19.1. The fraction of sp³-hybridized carbons (Fsp3) is 0.250. The van der Waals surface area contributed by atoms with E-state index in [1.165, 1.54) is 24.1 Å². The zero-order valence-electron chi connectivity index (χ0n) is 11.8. The standard InChI is InChI=1S/C16H15FN2O2/c1-10-3-8-16(21-10)14-9-15(19(18-14)11(2)20)12-4-6-13(17)7-5-12/h3-8,15H,9H2,1-2H3/t15-/m0/s1. The minimum atomic E-state index is -0.297. The first-order chi connectivity index (χ1) is 10.0. The van der Waals surface area contributed by atoms with E-state index in [1.54, 1.807) is 12.1 Å². The van der Waals surface area contributed by atoms with Gasteiger partial charge in [-0.2, -0.15) is 5.10 Å². The summed E-state index contributed by atoms with van der Waals surface area (Å²) in [5, 5.41) is 5.80. The van der Waals surface area contributed by atoms with Gasteiger partial charge in [-0.15, -0.1) is 0 Å². The van der Waals surface area contributed by atoms with Crippen molar-refractivity contribution in [3.8, 4) is 0 Å². The summed E-state index contributed by atoms with van der Waals surface area (Å²) in [7, 11) is 0. The minimum Gasteiger partial charge on any atom is -0.460 e. The first kappa shape index (κ1) is 13.5. The summed E-state index contributed by atoms with van der Waals surface area (Å²) in [6.07, 6.45) is 0.554. The van der Waals surface area contributed by atoms with Crippen LogP contribution in [-0.4, -0.2) is 16.6 Å². The molecule has 108 valence electrons. The van der Waals surface area contributed by atoms with Crippen molar-refractivity contribution in [2.75, 3.05) is 0 Å². The highest BCUT2D eigenvalue weighted by molar-refractivity contribution is 6.01. The highest BCUT2D eigenvalue weighted by Gasteiger charge is 2.32. The number of aryl methyl sites for hydroxylation is 1. The number of hydrogen-bond acceptors (Lipinski definition) is 3. The molecular formula is C16H15FN2O2. The van der Waals surface area contributed by atoms with Crippen LogP contribution in [0.2, 0.25) is 0 Å². The Bertz CT molecular complexity index is 703. The lowest BCUT2D eigenvalue weighted by atomic mass is 10.0. The predicted octanol–water partition coefficient (Wildman–Crippen LogP) is 3.42. The molecule has 3 rings (SSSR count). The Balaban J connectivity index is 1.93. The molecule has 0 spiro atoms.